The van der Waals surface area contributed by atoms with Gasteiger partial charge in [0.25, 0.3) is 5.69 Å². The maximum Gasteiger partial charge on any atom is 0.304 e. The summed E-state index contributed by atoms with van der Waals surface area (Å²) in [7, 11) is 0. The number of thioether (sulfide) groups is 1. The van der Waals surface area contributed by atoms with Crippen LogP contribution in [0.5, 0.6) is 0 Å². The van der Waals surface area contributed by atoms with Crippen molar-refractivity contribution in [1.29, 1.82) is 0 Å². The Morgan fingerprint density at radius 3 is 2.76 bits per heavy atom. The van der Waals surface area contributed by atoms with Crippen molar-refractivity contribution >= 4 is 23.4 Å². The van der Waals surface area contributed by atoms with Crippen LogP contribution in [0.3, 0.4) is 0 Å². The second-order valence-corrected chi connectivity index (χ2v) is 5.16. The van der Waals surface area contributed by atoms with Gasteiger partial charge in [-0.3, -0.25) is 14.9 Å². The second kappa shape index (κ2) is 5.67. The Hall–Kier alpha value is -1.56. The minimum atomic E-state index is -0.902. The zero-order chi connectivity index (χ0) is 13.0. The van der Waals surface area contributed by atoms with Crippen molar-refractivity contribution in [3.05, 3.63) is 33.9 Å². The molecule has 0 saturated heterocycles. The molecule has 0 spiro atoms. The Morgan fingerprint density at radius 1 is 1.59 bits per heavy atom. The molecule has 6 heteroatoms. The third-order valence-electron chi connectivity index (χ3n) is 2.17. The van der Waals surface area contributed by atoms with Crippen molar-refractivity contribution < 1.29 is 14.8 Å². The lowest BCUT2D eigenvalue weighted by Gasteiger charge is -2.10. The Labute approximate surface area is 103 Å². The number of hydrogen-bond donors (Lipinski definition) is 1. The molecule has 1 unspecified atom stereocenters. The summed E-state index contributed by atoms with van der Waals surface area (Å²) in [5.74, 6) is -0.902. The Kier molecular flexibility index (Phi) is 4.51. The summed E-state index contributed by atoms with van der Waals surface area (Å²) in [6.07, 6.45) is -0.0177. The van der Waals surface area contributed by atoms with Gasteiger partial charge in [0.1, 0.15) is 0 Å². The molecule has 1 atom stereocenters. The summed E-state index contributed by atoms with van der Waals surface area (Å²) in [6.45, 7) is 3.53. The highest BCUT2D eigenvalue weighted by Gasteiger charge is 2.19. The van der Waals surface area contributed by atoms with Crippen LogP contribution in [0.2, 0.25) is 0 Å². The van der Waals surface area contributed by atoms with Crippen LogP contribution in [0.1, 0.15) is 18.9 Å². The smallest absolute Gasteiger partial charge is 0.304 e. The highest BCUT2D eigenvalue weighted by atomic mass is 32.2. The lowest BCUT2D eigenvalue weighted by Crippen LogP contribution is -2.06. The van der Waals surface area contributed by atoms with Gasteiger partial charge in [-0.05, 0) is 12.5 Å². The highest BCUT2D eigenvalue weighted by Crippen LogP contribution is 2.35. The van der Waals surface area contributed by atoms with E-state index in [-0.39, 0.29) is 17.4 Å². The van der Waals surface area contributed by atoms with Crippen LogP contribution in [0, 0.1) is 17.0 Å². The average molecular weight is 255 g/mol. The monoisotopic (exact) mass is 255 g/mol. The fraction of sp³-hybridized carbons (Fsp3) is 0.364. The van der Waals surface area contributed by atoms with E-state index in [1.54, 1.807) is 26.0 Å². The van der Waals surface area contributed by atoms with Crippen LogP contribution in [-0.2, 0) is 4.79 Å². The number of rotatable bonds is 5. The summed E-state index contributed by atoms with van der Waals surface area (Å²) in [5.41, 5.74) is 0.827. The van der Waals surface area contributed by atoms with E-state index in [1.807, 2.05) is 0 Å². The summed E-state index contributed by atoms with van der Waals surface area (Å²) in [6, 6.07) is 4.84. The first kappa shape index (κ1) is 13.5. The van der Waals surface area contributed by atoms with Gasteiger partial charge in [-0.2, -0.15) is 0 Å². The largest absolute Gasteiger partial charge is 0.481 e. The average Bonchev–Trinajstić information content (AvgIpc) is 2.19. The van der Waals surface area contributed by atoms with E-state index in [2.05, 4.69) is 0 Å². The van der Waals surface area contributed by atoms with E-state index in [4.69, 9.17) is 5.11 Å². The molecule has 0 aliphatic rings. The van der Waals surface area contributed by atoms with Crippen molar-refractivity contribution in [3.63, 3.8) is 0 Å². The van der Waals surface area contributed by atoms with Crippen LogP contribution < -0.4 is 0 Å². The van der Waals surface area contributed by atoms with Crippen molar-refractivity contribution in [2.45, 2.75) is 30.4 Å². The molecule has 0 saturated carbocycles. The highest BCUT2D eigenvalue weighted by molar-refractivity contribution is 8.00. The van der Waals surface area contributed by atoms with Gasteiger partial charge in [0.2, 0.25) is 0 Å². The molecule has 0 bridgehead atoms. The van der Waals surface area contributed by atoms with Gasteiger partial charge < -0.3 is 5.11 Å². The van der Waals surface area contributed by atoms with Crippen molar-refractivity contribution in [2.24, 2.45) is 0 Å². The fourth-order valence-electron chi connectivity index (χ4n) is 1.42. The van der Waals surface area contributed by atoms with Gasteiger partial charge in [-0.25, -0.2) is 0 Å². The van der Waals surface area contributed by atoms with Gasteiger partial charge in [-0.1, -0.05) is 19.1 Å². The van der Waals surface area contributed by atoms with Crippen LogP contribution in [0.15, 0.2) is 23.1 Å². The fourth-order valence-corrected chi connectivity index (χ4v) is 2.57. The maximum atomic E-state index is 10.9. The number of nitrogens with zero attached hydrogens (tertiary/aromatic N) is 1. The van der Waals surface area contributed by atoms with Gasteiger partial charge in [0, 0.05) is 11.3 Å². The minimum Gasteiger partial charge on any atom is -0.481 e. The number of carboxylic acid groups (broad SMARTS) is 1. The number of aryl methyl sites for hydroxylation is 1. The molecule has 0 fully saturated rings. The number of benzene rings is 1. The van der Waals surface area contributed by atoms with E-state index in [1.165, 1.54) is 17.8 Å². The topological polar surface area (TPSA) is 80.4 Å². The van der Waals surface area contributed by atoms with Crippen LogP contribution in [0.25, 0.3) is 0 Å². The number of nitro groups is 1. The second-order valence-electron chi connectivity index (χ2n) is 3.71. The lowest BCUT2D eigenvalue weighted by molar-refractivity contribution is -0.387. The molecule has 0 amide bonds. The molecule has 0 heterocycles. The summed E-state index contributed by atoms with van der Waals surface area (Å²) >= 11 is 1.23. The normalized spacial score (nSPS) is 12.1. The van der Waals surface area contributed by atoms with E-state index < -0.39 is 10.9 Å². The Morgan fingerprint density at radius 2 is 2.24 bits per heavy atom. The molecule has 0 aromatic heterocycles. The molecule has 92 valence electrons. The molecule has 5 nitrogen and oxygen atoms in total. The summed E-state index contributed by atoms with van der Waals surface area (Å²) in [5, 5.41) is 19.3. The molecule has 1 aromatic carbocycles. The molecule has 1 aromatic rings. The third kappa shape index (κ3) is 3.74. The standard InChI is InChI=1S/C11H13NO4S/c1-7-4-3-5-9(12(15)16)11(7)17-8(2)6-10(13)14/h3-5,8H,6H2,1-2H3,(H,13,14). The van der Waals surface area contributed by atoms with Crippen LogP contribution >= 0.6 is 11.8 Å². The van der Waals surface area contributed by atoms with E-state index in [0.717, 1.165) is 5.56 Å². The molecule has 0 aliphatic heterocycles. The zero-order valence-corrected chi connectivity index (χ0v) is 10.4. The van der Waals surface area contributed by atoms with Gasteiger partial charge in [-0.15, -0.1) is 11.8 Å². The molecular formula is C11H13NO4S. The molecule has 0 aliphatic carbocycles. The van der Waals surface area contributed by atoms with Gasteiger partial charge in [0.15, 0.2) is 0 Å². The molecule has 1 N–H and O–H groups in total. The number of nitro benzene ring substituents is 1. The summed E-state index contributed by atoms with van der Waals surface area (Å²) < 4.78 is 0. The summed E-state index contributed by atoms with van der Waals surface area (Å²) in [4.78, 5) is 21.5. The molecule has 1 rings (SSSR count). The minimum absolute atomic E-state index is 0.0177. The number of hydrogen-bond acceptors (Lipinski definition) is 4. The number of carbonyl (C=O) groups is 1. The first-order valence-corrected chi connectivity index (χ1v) is 5.92. The zero-order valence-electron chi connectivity index (χ0n) is 9.54. The van der Waals surface area contributed by atoms with Gasteiger partial charge in [0.05, 0.1) is 16.2 Å². The Balaban J connectivity index is 2.96. The van der Waals surface area contributed by atoms with E-state index >= 15 is 0 Å². The number of aliphatic carboxylic acids is 1. The first-order valence-electron chi connectivity index (χ1n) is 5.04. The van der Waals surface area contributed by atoms with E-state index in [0.29, 0.717) is 4.90 Å². The quantitative estimate of drug-likeness (QED) is 0.497. The van der Waals surface area contributed by atoms with Crippen molar-refractivity contribution in [2.75, 3.05) is 0 Å². The molecular weight excluding hydrogens is 242 g/mol. The predicted molar refractivity (Wildman–Crippen MR) is 65.4 cm³/mol. The van der Waals surface area contributed by atoms with Crippen molar-refractivity contribution in [3.8, 4) is 0 Å². The van der Waals surface area contributed by atoms with E-state index in [9.17, 15) is 14.9 Å². The van der Waals surface area contributed by atoms with Crippen LogP contribution in [-0.4, -0.2) is 21.2 Å². The SMILES string of the molecule is Cc1cccc([N+](=O)[O-])c1SC(C)CC(=O)O. The lowest BCUT2D eigenvalue weighted by atomic mass is 10.2. The Bertz CT molecular complexity index is 447. The third-order valence-corrected chi connectivity index (χ3v) is 3.50. The van der Waals surface area contributed by atoms with Crippen LogP contribution in [0.4, 0.5) is 5.69 Å². The first-order chi connectivity index (χ1) is 7.91. The predicted octanol–water partition coefficient (Wildman–Crippen LogP) is 2.86. The molecule has 17 heavy (non-hydrogen) atoms. The van der Waals surface area contributed by atoms with Crippen molar-refractivity contribution in [1.82, 2.24) is 0 Å². The van der Waals surface area contributed by atoms with Gasteiger partial charge >= 0.3 is 5.97 Å². The maximum absolute atomic E-state index is 10.9. The number of carboxylic acids is 1. The molecule has 0 radical (unpaired) electrons.